The summed E-state index contributed by atoms with van der Waals surface area (Å²) in [5.74, 6) is 0.814. The third kappa shape index (κ3) is 5.07. The third-order valence-corrected chi connectivity index (χ3v) is 3.52. The molecule has 0 unspecified atom stereocenters. The molecule has 20 heavy (non-hydrogen) atoms. The molecule has 2 nitrogen and oxygen atoms in total. The van der Waals surface area contributed by atoms with Gasteiger partial charge in [0.2, 0.25) is 0 Å². The topological polar surface area (TPSA) is 35.2 Å². The van der Waals surface area contributed by atoms with Gasteiger partial charge in [0.15, 0.2) is 0 Å². The number of hydrogen-bond acceptors (Lipinski definition) is 2. The number of ether oxygens (including phenoxy) is 1. The van der Waals surface area contributed by atoms with E-state index in [9.17, 15) is 0 Å². The Hall–Kier alpha value is -1.18. The van der Waals surface area contributed by atoms with E-state index in [0.29, 0.717) is 5.41 Å². The lowest BCUT2D eigenvalue weighted by Crippen LogP contribution is -2.25. The molecule has 0 heterocycles. The van der Waals surface area contributed by atoms with Gasteiger partial charge < -0.3 is 10.5 Å². The molecule has 2 heteroatoms. The van der Waals surface area contributed by atoms with E-state index in [1.54, 1.807) is 0 Å². The molecule has 0 spiro atoms. The zero-order valence-corrected chi connectivity index (χ0v) is 14.0. The lowest BCUT2D eigenvalue weighted by atomic mass is 9.72. The molecule has 0 saturated carbocycles. The van der Waals surface area contributed by atoms with Crippen LogP contribution in [0.2, 0.25) is 0 Å². The molecule has 0 saturated heterocycles. The van der Waals surface area contributed by atoms with Gasteiger partial charge >= 0.3 is 0 Å². The lowest BCUT2D eigenvalue weighted by Gasteiger charge is -2.33. The van der Waals surface area contributed by atoms with Crippen LogP contribution in [0.3, 0.4) is 0 Å². The molecule has 1 aromatic rings. The highest BCUT2D eigenvalue weighted by molar-refractivity contribution is 5.55. The summed E-state index contributed by atoms with van der Waals surface area (Å²) in [6.07, 6.45) is 3.32. The number of rotatable bonds is 6. The molecule has 0 aliphatic carbocycles. The van der Waals surface area contributed by atoms with Gasteiger partial charge in [0.25, 0.3) is 0 Å². The average molecular weight is 277 g/mol. The van der Waals surface area contributed by atoms with Crippen LogP contribution in [-0.4, -0.2) is 6.61 Å². The molecule has 114 valence electrons. The normalized spacial score (nSPS) is 12.5. The molecule has 0 fully saturated rings. The smallest absolute Gasteiger partial charge is 0.142 e. The predicted octanol–water partition coefficient (Wildman–Crippen LogP) is 5.16. The van der Waals surface area contributed by atoms with Gasteiger partial charge in [-0.05, 0) is 41.4 Å². The fourth-order valence-electron chi connectivity index (χ4n) is 2.86. The van der Waals surface area contributed by atoms with E-state index in [1.807, 2.05) is 6.07 Å². The van der Waals surface area contributed by atoms with Crippen LogP contribution >= 0.6 is 0 Å². The van der Waals surface area contributed by atoms with E-state index in [-0.39, 0.29) is 5.41 Å². The van der Waals surface area contributed by atoms with Crippen LogP contribution in [0, 0.1) is 5.41 Å². The van der Waals surface area contributed by atoms with Crippen molar-refractivity contribution in [3.8, 4) is 5.75 Å². The van der Waals surface area contributed by atoms with Gasteiger partial charge in [0, 0.05) is 0 Å². The summed E-state index contributed by atoms with van der Waals surface area (Å²) in [5, 5.41) is 0. The molecule has 0 bridgehead atoms. The molecular weight excluding hydrogens is 246 g/mol. The van der Waals surface area contributed by atoms with E-state index in [2.05, 4.69) is 53.7 Å². The largest absolute Gasteiger partial charge is 0.491 e. The number of anilines is 1. The Morgan fingerprint density at radius 3 is 2.25 bits per heavy atom. The summed E-state index contributed by atoms with van der Waals surface area (Å²) < 4.78 is 5.72. The van der Waals surface area contributed by atoms with Gasteiger partial charge in [-0.2, -0.15) is 0 Å². The first-order valence-electron chi connectivity index (χ1n) is 7.68. The number of nitrogens with two attached hydrogens (primary N) is 1. The van der Waals surface area contributed by atoms with Gasteiger partial charge in [-0.3, -0.25) is 0 Å². The first kappa shape index (κ1) is 16.9. The predicted molar refractivity (Wildman–Crippen MR) is 88.4 cm³/mol. The summed E-state index contributed by atoms with van der Waals surface area (Å²) in [6, 6.07) is 6.25. The van der Waals surface area contributed by atoms with E-state index in [4.69, 9.17) is 10.5 Å². The monoisotopic (exact) mass is 277 g/mol. The second kappa shape index (κ2) is 6.51. The molecular formula is C18H31NO. The van der Waals surface area contributed by atoms with Crippen LogP contribution in [-0.2, 0) is 5.41 Å². The molecule has 0 aromatic heterocycles. The van der Waals surface area contributed by atoms with Crippen LogP contribution in [0.1, 0.15) is 66.4 Å². The molecule has 0 radical (unpaired) electrons. The fraction of sp³-hybridized carbons (Fsp3) is 0.667. The number of nitrogen functional groups attached to an aromatic ring is 1. The van der Waals surface area contributed by atoms with Crippen molar-refractivity contribution in [1.82, 2.24) is 0 Å². The zero-order valence-electron chi connectivity index (χ0n) is 14.0. The highest BCUT2D eigenvalue weighted by Crippen LogP contribution is 2.38. The van der Waals surface area contributed by atoms with Crippen molar-refractivity contribution in [2.24, 2.45) is 5.41 Å². The summed E-state index contributed by atoms with van der Waals surface area (Å²) in [6.45, 7) is 14.3. The molecule has 0 amide bonds. The minimum absolute atomic E-state index is 0.119. The minimum atomic E-state index is 0.119. The molecule has 2 N–H and O–H groups in total. The van der Waals surface area contributed by atoms with Crippen molar-refractivity contribution < 1.29 is 4.74 Å². The van der Waals surface area contributed by atoms with Crippen LogP contribution in [0.5, 0.6) is 5.75 Å². The quantitative estimate of drug-likeness (QED) is 0.575. The molecule has 1 aromatic carbocycles. The van der Waals surface area contributed by atoms with Crippen molar-refractivity contribution >= 4 is 5.69 Å². The maximum absolute atomic E-state index is 6.14. The SMILES string of the molecule is CCCCOc1ccc(C(C)(C)CC(C)(C)C)cc1N. The van der Waals surface area contributed by atoms with E-state index >= 15 is 0 Å². The second-order valence-corrected chi connectivity index (χ2v) is 7.58. The summed E-state index contributed by atoms with van der Waals surface area (Å²) in [5.41, 5.74) is 8.59. The van der Waals surface area contributed by atoms with Crippen LogP contribution in [0.15, 0.2) is 18.2 Å². The van der Waals surface area contributed by atoms with Gasteiger partial charge in [-0.15, -0.1) is 0 Å². The van der Waals surface area contributed by atoms with Gasteiger partial charge in [-0.1, -0.05) is 54.0 Å². The summed E-state index contributed by atoms with van der Waals surface area (Å²) in [4.78, 5) is 0. The van der Waals surface area contributed by atoms with E-state index in [1.165, 1.54) is 5.56 Å². The average Bonchev–Trinajstić information content (AvgIpc) is 2.28. The number of hydrogen-bond donors (Lipinski definition) is 1. The first-order chi connectivity index (χ1) is 9.15. The number of benzene rings is 1. The molecule has 0 atom stereocenters. The van der Waals surface area contributed by atoms with E-state index < -0.39 is 0 Å². The zero-order chi connectivity index (χ0) is 15.4. The summed E-state index contributed by atoms with van der Waals surface area (Å²) >= 11 is 0. The maximum Gasteiger partial charge on any atom is 0.142 e. The molecule has 1 rings (SSSR count). The second-order valence-electron chi connectivity index (χ2n) is 7.58. The first-order valence-corrected chi connectivity index (χ1v) is 7.68. The highest BCUT2D eigenvalue weighted by atomic mass is 16.5. The minimum Gasteiger partial charge on any atom is -0.491 e. The van der Waals surface area contributed by atoms with Crippen molar-refractivity contribution in [1.29, 1.82) is 0 Å². The van der Waals surface area contributed by atoms with Crippen molar-refractivity contribution in [3.05, 3.63) is 23.8 Å². The highest BCUT2D eigenvalue weighted by Gasteiger charge is 2.27. The fourth-order valence-corrected chi connectivity index (χ4v) is 2.86. The summed E-state index contributed by atoms with van der Waals surface area (Å²) in [7, 11) is 0. The lowest BCUT2D eigenvalue weighted by molar-refractivity contribution is 0.283. The van der Waals surface area contributed by atoms with E-state index in [0.717, 1.165) is 37.3 Å². The van der Waals surface area contributed by atoms with Crippen molar-refractivity contribution in [3.63, 3.8) is 0 Å². The van der Waals surface area contributed by atoms with Crippen LogP contribution < -0.4 is 10.5 Å². The Kier molecular flexibility index (Phi) is 5.50. The van der Waals surface area contributed by atoms with Gasteiger partial charge in [-0.25, -0.2) is 0 Å². The Bertz CT molecular complexity index is 430. The van der Waals surface area contributed by atoms with Crippen LogP contribution in [0.4, 0.5) is 5.69 Å². The van der Waals surface area contributed by atoms with Crippen molar-refractivity contribution in [2.75, 3.05) is 12.3 Å². The number of unbranched alkanes of at least 4 members (excludes halogenated alkanes) is 1. The third-order valence-electron chi connectivity index (χ3n) is 3.52. The molecule has 0 aliphatic rings. The Labute approximate surface area is 124 Å². The van der Waals surface area contributed by atoms with Gasteiger partial charge in [0.05, 0.1) is 12.3 Å². The van der Waals surface area contributed by atoms with Crippen molar-refractivity contribution in [2.45, 2.75) is 66.2 Å². The van der Waals surface area contributed by atoms with Gasteiger partial charge in [0.1, 0.15) is 5.75 Å². The Balaban J connectivity index is 2.85. The Morgan fingerprint density at radius 2 is 1.75 bits per heavy atom. The van der Waals surface area contributed by atoms with Crippen LogP contribution in [0.25, 0.3) is 0 Å². The Morgan fingerprint density at radius 1 is 1.10 bits per heavy atom. The maximum atomic E-state index is 6.14. The molecule has 0 aliphatic heterocycles. The standard InChI is InChI=1S/C18H31NO/c1-7-8-11-20-16-10-9-14(12-15(16)19)18(5,6)13-17(2,3)4/h9-10,12H,7-8,11,13,19H2,1-6H3.